The van der Waals surface area contributed by atoms with Gasteiger partial charge >= 0.3 is 0 Å². The van der Waals surface area contributed by atoms with Gasteiger partial charge in [0.25, 0.3) is 5.91 Å². The molecule has 0 saturated heterocycles. The number of carbonyl (C=O) groups is 1. The van der Waals surface area contributed by atoms with Gasteiger partial charge in [-0.2, -0.15) is 0 Å². The molecule has 9 heteroatoms. The van der Waals surface area contributed by atoms with Crippen LogP contribution in [-0.4, -0.2) is 31.7 Å². The second kappa shape index (κ2) is 9.27. The predicted molar refractivity (Wildman–Crippen MR) is 118 cm³/mol. The van der Waals surface area contributed by atoms with E-state index in [0.717, 1.165) is 28.0 Å². The Kier molecular flexibility index (Phi) is 6.29. The van der Waals surface area contributed by atoms with E-state index < -0.39 is 0 Å². The first-order chi connectivity index (χ1) is 14.7. The number of nitrogens with one attached hydrogen (secondary N) is 1. The van der Waals surface area contributed by atoms with Crippen LogP contribution in [0.1, 0.15) is 36.6 Å². The molecule has 1 amide bonds. The van der Waals surface area contributed by atoms with Crippen LogP contribution in [0.25, 0.3) is 16.4 Å². The van der Waals surface area contributed by atoms with Crippen LogP contribution in [0.2, 0.25) is 0 Å². The molecule has 30 heavy (non-hydrogen) atoms. The first kappa shape index (κ1) is 20.4. The Morgan fingerprint density at radius 3 is 2.80 bits per heavy atom. The first-order valence-corrected chi connectivity index (χ1v) is 11.4. The van der Waals surface area contributed by atoms with Gasteiger partial charge in [0.05, 0.1) is 10.6 Å². The van der Waals surface area contributed by atoms with Gasteiger partial charge in [-0.3, -0.25) is 9.36 Å². The fraction of sp³-hybridized carbons (Fsp3) is 0.238. The fourth-order valence-corrected chi connectivity index (χ4v) is 4.25. The Balaban J connectivity index is 1.54. The molecule has 3 aromatic heterocycles. The summed E-state index contributed by atoms with van der Waals surface area (Å²) in [7, 11) is 0. The number of aromatic nitrogens is 4. The van der Waals surface area contributed by atoms with Crippen LogP contribution >= 0.6 is 23.1 Å². The summed E-state index contributed by atoms with van der Waals surface area (Å²) >= 11 is 3.08. The number of thioether (sulfide) groups is 1. The van der Waals surface area contributed by atoms with E-state index in [9.17, 15) is 4.79 Å². The Labute approximate surface area is 182 Å². The predicted octanol–water partition coefficient (Wildman–Crippen LogP) is 4.80. The molecule has 1 N–H and O–H groups in total. The molecule has 0 fully saturated rings. The highest BCUT2D eigenvalue weighted by atomic mass is 32.2. The molecule has 0 aliphatic rings. The molecule has 0 radical (unpaired) electrons. The van der Waals surface area contributed by atoms with E-state index in [1.54, 1.807) is 11.3 Å². The molecule has 1 atom stereocenters. The number of benzene rings is 1. The van der Waals surface area contributed by atoms with Crippen molar-refractivity contribution in [2.75, 3.05) is 0 Å². The Hall–Kier alpha value is -2.91. The number of carbonyl (C=O) groups excluding carboxylic acids is 1. The number of hydrogen-bond acceptors (Lipinski definition) is 7. The smallest absolute Gasteiger partial charge is 0.273 e. The zero-order valence-corrected chi connectivity index (χ0v) is 18.2. The first-order valence-electron chi connectivity index (χ1n) is 9.58. The van der Waals surface area contributed by atoms with Crippen LogP contribution in [0.15, 0.2) is 63.7 Å². The van der Waals surface area contributed by atoms with E-state index in [1.807, 2.05) is 66.3 Å². The minimum atomic E-state index is -0.225. The van der Waals surface area contributed by atoms with Crippen LogP contribution < -0.4 is 5.32 Å². The summed E-state index contributed by atoms with van der Waals surface area (Å²) in [6, 6.07) is 14.1. The highest BCUT2D eigenvalue weighted by Gasteiger charge is 2.19. The van der Waals surface area contributed by atoms with Gasteiger partial charge in [-0.1, -0.05) is 43.0 Å². The molecule has 4 aromatic rings. The van der Waals surface area contributed by atoms with Crippen molar-refractivity contribution >= 4 is 29.0 Å². The highest BCUT2D eigenvalue weighted by molar-refractivity contribution is 7.98. The normalized spacial score (nSPS) is 12.1. The van der Waals surface area contributed by atoms with Crippen molar-refractivity contribution in [3.63, 3.8) is 0 Å². The zero-order valence-electron chi connectivity index (χ0n) is 16.6. The largest absolute Gasteiger partial charge is 0.447 e. The van der Waals surface area contributed by atoms with Crippen molar-refractivity contribution in [2.24, 2.45) is 0 Å². The van der Waals surface area contributed by atoms with Gasteiger partial charge in [0.2, 0.25) is 5.89 Å². The maximum absolute atomic E-state index is 12.2. The van der Waals surface area contributed by atoms with E-state index in [4.69, 9.17) is 4.42 Å². The standard InChI is InChI=1S/C21H21N5O2S2/c1-3-14(2)22-20(27)16-12-28-18(23-16)13-30-21-25-24-19(17-10-7-11-29-17)26(21)15-8-5-4-6-9-15/h4-12,14H,3,13H2,1-2H3,(H,22,27). The summed E-state index contributed by atoms with van der Waals surface area (Å²) in [5, 5.41) is 14.4. The monoisotopic (exact) mass is 439 g/mol. The fourth-order valence-electron chi connectivity index (χ4n) is 2.75. The average Bonchev–Trinajstić information content (AvgIpc) is 3.53. The second-order valence-electron chi connectivity index (χ2n) is 6.65. The minimum absolute atomic E-state index is 0.0899. The molecule has 0 bridgehead atoms. The summed E-state index contributed by atoms with van der Waals surface area (Å²) in [5.41, 5.74) is 1.27. The lowest BCUT2D eigenvalue weighted by atomic mass is 10.2. The molecule has 1 aromatic carbocycles. The molecule has 3 heterocycles. The average molecular weight is 440 g/mol. The lowest BCUT2D eigenvalue weighted by molar-refractivity contribution is 0.0934. The Bertz CT molecular complexity index is 1110. The summed E-state index contributed by atoms with van der Waals surface area (Å²) < 4.78 is 7.52. The maximum Gasteiger partial charge on any atom is 0.273 e. The van der Waals surface area contributed by atoms with Crippen molar-refractivity contribution in [2.45, 2.75) is 37.2 Å². The summed E-state index contributed by atoms with van der Waals surface area (Å²) in [4.78, 5) is 17.6. The molecule has 0 aliphatic carbocycles. The van der Waals surface area contributed by atoms with Gasteiger partial charge in [-0.25, -0.2) is 4.98 Å². The lowest BCUT2D eigenvalue weighted by Gasteiger charge is -2.09. The Morgan fingerprint density at radius 2 is 2.07 bits per heavy atom. The van der Waals surface area contributed by atoms with Crippen molar-refractivity contribution in [1.82, 2.24) is 25.1 Å². The van der Waals surface area contributed by atoms with Crippen molar-refractivity contribution in [3.05, 3.63) is 65.7 Å². The van der Waals surface area contributed by atoms with Crippen molar-refractivity contribution in [1.29, 1.82) is 0 Å². The minimum Gasteiger partial charge on any atom is -0.447 e. The molecule has 4 rings (SSSR count). The second-order valence-corrected chi connectivity index (χ2v) is 8.54. The topological polar surface area (TPSA) is 85.8 Å². The third-order valence-corrected chi connectivity index (χ3v) is 6.27. The van der Waals surface area contributed by atoms with E-state index in [0.29, 0.717) is 11.6 Å². The molecular weight excluding hydrogens is 418 g/mol. The molecule has 154 valence electrons. The van der Waals surface area contributed by atoms with Crippen LogP contribution in [0, 0.1) is 0 Å². The number of nitrogens with zero attached hydrogens (tertiary/aromatic N) is 4. The third-order valence-electron chi connectivity index (χ3n) is 4.49. The van der Waals surface area contributed by atoms with Gasteiger partial charge in [0.1, 0.15) is 6.26 Å². The summed E-state index contributed by atoms with van der Waals surface area (Å²) in [6.45, 7) is 3.97. The SMILES string of the molecule is CCC(C)NC(=O)c1coc(CSc2nnc(-c3cccs3)n2-c2ccccc2)n1. The lowest BCUT2D eigenvalue weighted by Crippen LogP contribution is -2.32. The number of oxazole rings is 1. The molecule has 0 aliphatic heterocycles. The van der Waals surface area contributed by atoms with Gasteiger partial charge in [-0.15, -0.1) is 21.5 Å². The molecular formula is C21H21N5O2S2. The number of thiophene rings is 1. The summed E-state index contributed by atoms with van der Waals surface area (Å²) in [5.74, 6) is 1.47. The molecule has 0 spiro atoms. The van der Waals surface area contributed by atoms with Crippen LogP contribution in [0.5, 0.6) is 0 Å². The van der Waals surface area contributed by atoms with E-state index in [-0.39, 0.29) is 17.6 Å². The van der Waals surface area contributed by atoms with Crippen LogP contribution in [0.3, 0.4) is 0 Å². The molecule has 0 saturated carbocycles. The van der Waals surface area contributed by atoms with Gasteiger partial charge in [0, 0.05) is 11.7 Å². The maximum atomic E-state index is 12.2. The van der Waals surface area contributed by atoms with E-state index in [2.05, 4.69) is 20.5 Å². The van der Waals surface area contributed by atoms with E-state index in [1.165, 1.54) is 18.0 Å². The highest BCUT2D eigenvalue weighted by Crippen LogP contribution is 2.31. The molecule has 1 unspecified atom stereocenters. The number of amides is 1. The van der Waals surface area contributed by atoms with Gasteiger partial charge < -0.3 is 9.73 Å². The van der Waals surface area contributed by atoms with Crippen molar-refractivity contribution < 1.29 is 9.21 Å². The van der Waals surface area contributed by atoms with Crippen molar-refractivity contribution in [3.8, 4) is 16.4 Å². The quantitative estimate of drug-likeness (QED) is 0.397. The Morgan fingerprint density at radius 1 is 1.23 bits per heavy atom. The number of rotatable bonds is 8. The zero-order chi connectivity index (χ0) is 20.9. The summed E-state index contributed by atoms with van der Waals surface area (Å²) in [6.07, 6.45) is 2.25. The third kappa shape index (κ3) is 4.47. The number of hydrogen-bond donors (Lipinski definition) is 1. The number of para-hydroxylation sites is 1. The van der Waals surface area contributed by atoms with Crippen LogP contribution in [0.4, 0.5) is 0 Å². The van der Waals surface area contributed by atoms with E-state index >= 15 is 0 Å². The van der Waals surface area contributed by atoms with Gasteiger partial charge in [0.15, 0.2) is 16.7 Å². The van der Waals surface area contributed by atoms with Crippen LogP contribution in [-0.2, 0) is 5.75 Å². The van der Waals surface area contributed by atoms with Gasteiger partial charge in [-0.05, 0) is 36.9 Å². The molecule has 7 nitrogen and oxygen atoms in total.